The van der Waals surface area contributed by atoms with Gasteiger partial charge in [-0.05, 0) is 20.9 Å². The third-order valence-electron chi connectivity index (χ3n) is 2.23. The number of hydrogen-bond acceptors (Lipinski definition) is 6. The third kappa shape index (κ3) is 4.41. The number of aryl methyl sites for hydroxylation is 1. The Labute approximate surface area is 101 Å². The van der Waals surface area contributed by atoms with Crippen molar-refractivity contribution in [2.75, 3.05) is 20.1 Å². The van der Waals surface area contributed by atoms with Crippen LogP contribution in [0, 0.1) is 6.92 Å². The molecule has 1 atom stereocenters. The minimum atomic E-state index is -3.29. The van der Waals surface area contributed by atoms with E-state index in [2.05, 4.69) is 20.2 Å². The van der Waals surface area contributed by atoms with Gasteiger partial charge in [0.2, 0.25) is 15.9 Å². The Morgan fingerprint density at radius 3 is 2.71 bits per heavy atom. The second-order valence-electron chi connectivity index (χ2n) is 3.79. The Morgan fingerprint density at radius 2 is 2.18 bits per heavy atom. The molecule has 7 nitrogen and oxygen atoms in total. The van der Waals surface area contributed by atoms with Crippen LogP contribution in [0.1, 0.15) is 18.6 Å². The van der Waals surface area contributed by atoms with Gasteiger partial charge in [0.1, 0.15) is 0 Å². The molecular weight excluding hydrogens is 244 g/mol. The lowest BCUT2D eigenvalue weighted by Crippen LogP contribution is -2.38. The first-order chi connectivity index (χ1) is 7.95. The summed E-state index contributed by atoms with van der Waals surface area (Å²) in [4.78, 5) is 3.99. The maximum Gasteiger partial charge on any atom is 0.227 e. The van der Waals surface area contributed by atoms with Crippen LogP contribution in [0.4, 0.5) is 0 Å². The first kappa shape index (κ1) is 14.1. The van der Waals surface area contributed by atoms with E-state index in [0.29, 0.717) is 24.7 Å². The molecule has 0 aliphatic carbocycles. The highest BCUT2D eigenvalue weighted by Gasteiger charge is 2.19. The van der Waals surface area contributed by atoms with Gasteiger partial charge < -0.3 is 9.84 Å². The largest absolute Gasteiger partial charge is 0.339 e. The van der Waals surface area contributed by atoms with Crippen molar-refractivity contribution in [2.45, 2.75) is 25.5 Å². The number of aromatic nitrogens is 2. The third-order valence-corrected chi connectivity index (χ3v) is 4.07. The Morgan fingerprint density at radius 1 is 1.47 bits per heavy atom. The molecule has 1 rings (SSSR count). The highest BCUT2D eigenvalue weighted by atomic mass is 32.2. The molecule has 0 saturated carbocycles. The van der Waals surface area contributed by atoms with Crippen molar-refractivity contribution in [2.24, 2.45) is 0 Å². The van der Waals surface area contributed by atoms with Gasteiger partial charge in [0.25, 0.3) is 0 Å². The average molecular weight is 262 g/mol. The zero-order valence-electron chi connectivity index (χ0n) is 10.2. The van der Waals surface area contributed by atoms with E-state index in [1.165, 1.54) is 0 Å². The van der Waals surface area contributed by atoms with Crippen LogP contribution < -0.4 is 10.0 Å². The normalized spacial score (nSPS) is 13.8. The summed E-state index contributed by atoms with van der Waals surface area (Å²) in [6, 6.07) is 0. The van der Waals surface area contributed by atoms with E-state index in [1.807, 2.05) is 0 Å². The molecule has 1 unspecified atom stereocenters. The van der Waals surface area contributed by atoms with Crippen LogP contribution in [0.15, 0.2) is 4.52 Å². The van der Waals surface area contributed by atoms with Gasteiger partial charge in [0.15, 0.2) is 5.82 Å². The zero-order valence-corrected chi connectivity index (χ0v) is 11.0. The molecule has 2 N–H and O–H groups in total. The molecule has 0 spiro atoms. The summed E-state index contributed by atoms with van der Waals surface area (Å²) in [5.74, 6) is 0.984. The van der Waals surface area contributed by atoms with Gasteiger partial charge in [0.05, 0.1) is 5.25 Å². The number of nitrogens with zero attached hydrogens (tertiary/aromatic N) is 2. The van der Waals surface area contributed by atoms with Crippen molar-refractivity contribution < 1.29 is 12.9 Å². The summed E-state index contributed by atoms with van der Waals surface area (Å²) in [5, 5.41) is 5.97. The van der Waals surface area contributed by atoms with Crippen LogP contribution in [-0.2, 0) is 16.4 Å². The second kappa shape index (κ2) is 6.08. The first-order valence-corrected chi connectivity index (χ1v) is 6.92. The van der Waals surface area contributed by atoms with Crippen LogP contribution >= 0.6 is 0 Å². The van der Waals surface area contributed by atoms with Crippen molar-refractivity contribution in [3.8, 4) is 0 Å². The lowest BCUT2D eigenvalue weighted by molar-refractivity contribution is 0.374. The van der Waals surface area contributed by atoms with Gasteiger partial charge in [0, 0.05) is 19.5 Å². The highest BCUT2D eigenvalue weighted by molar-refractivity contribution is 7.90. The van der Waals surface area contributed by atoms with Gasteiger partial charge in [-0.15, -0.1) is 0 Å². The van der Waals surface area contributed by atoms with E-state index >= 15 is 0 Å². The zero-order chi connectivity index (χ0) is 12.9. The minimum absolute atomic E-state index is 0.262. The summed E-state index contributed by atoms with van der Waals surface area (Å²) in [5.41, 5.74) is 0. The Kier molecular flexibility index (Phi) is 5.03. The van der Waals surface area contributed by atoms with E-state index in [0.717, 1.165) is 0 Å². The molecule has 0 saturated heterocycles. The van der Waals surface area contributed by atoms with E-state index < -0.39 is 15.3 Å². The fourth-order valence-corrected chi connectivity index (χ4v) is 2.34. The lowest BCUT2D eigenvalue weighted by atomic mass is 10.4. The molecule has 1 heterocycles. The average Bonchev–Trinajstić information content (AvgIpc) is 2.64. The maximum atomic E-state index is 11.7. The lowest BCUT2D eigenvalue weighted by Gasteiger charge is -2.12. The molecular formula is C9H18N4O3S. The Hall–Kier alpha value is -0.990. The van der Waals surface area contributed by atoms with Crippen LogP contribution in [0.25, 0.3) is 0 Å². The summed E-state index contributed by atoms with van der Waals surface area (Å²) in [7, 11) is -1.57. The first-order valence-electron chi connectivity index (χ1n) is 5.38. The van der Waals surface area contributed by atoms with Crippen LogP contribution in [0.3, 0.4) is 0 Å². The van der Waals surface area contributed by atoms with Gasteiger partial charge in [-0.2, -0.15) is 4.98 Å². The quantitative estimate of drug-likeness (QED) is 0.684. The fourth-order valence-electron chi connectivity index (χ4n) is 1.28. The predicted molar refractivity (Wildman–Crippen MR) is 63.1 cm³/mol. The van der Waals surface area contributed by atoms with Crippen molar-refractivity contribution in [3.05, 3.63) is 11.7 Å². The molecule has 0 fully saturated rings. The van der Waals surface area contributed by atoms with Gasteiger partial charge in [-0.3, -0.25) is 0 Å². The van der Waals surface area contributed by atoms with Crippen molar-refractivity contribution >= 4 is 10.0 Å². The van der Waals surface area contributed by atoms with Crippen LogP contribution in [0.2, 0.25) is 0 Å². The Balaban J connectivity index is 2.40. The second-order valence-corrected chi connectivity index (χ2v) is 5.98. The number of rotatable bonds is 7. The molecule has 0 radical (unpaired) electrons. The van der Waals surface area contributed by atoms with Crippen molar-refractivity contribution in [3.63, 3.8) is 0 Å². The number of hydrogen-bond donors (Lipinski definition) is 2. The monoisotopic (exact) mass is 262 g/mol. The fraction of sp³-hybridized carbons (Fsp3) is 0.778. The van der Waals surface area contributed by atoms with Crippen molar-refractivity contribution in [1.82, 2.24) is 20.2 Å². The molecule has 8 heteroatoms. The topological polar surface area (TPSA) is 97.1 Å². The van der Waals surface area contributed by atoms with E-state index in [4.69, 9.17) is 4.52 Å². The highest BCUT2D eigenvalue weighted by Crippen LogP contribution is 1.99. The standard InChI is InChI=1S/C9H18N4O3S/c1-7(6-10-3)17(14,15)11-5-4-9-12-8(2)13-16-9/h7,10-11H,4-6H2,1-3H3. The predicted octanol–water partition coefficient (Wildman–Crippen LogP) is -0.552. The molecule has 0 aromatic carbocycles. The summed E-state index contributed by atoms with van der Waals surface area (Å²) in [6.45, 7) is 4.04. The SMILES string of the molecule is CNCC(C)S(=O)(=O)NCCc1nc(C)no1. The maximum absolute atomic E-state index is 11.7. The molecule has 0 aliphatic rings. The molecule has 17 heavy (non-hydrogen) atoms. The van der Waals surface area contributed by atoms with Crippen molar-refractivity contribution in [1.29, 1.82) is 0 Å². The van der Waals surface area contributed by atoms with Gasteiger partial charge in [-0.25, -0.2) is 13.1 Å². The minimum Gasteiger partial charge on any atom is -0.339 e. The van der Waals surface area contributed by atoms with Gasteiger partial charge in [-0.1, -0.05) is 5.16 Å². The molecule has 1 aromatic rings. The summed E-state index contributed by atoms with van der Waals surface area (Å²) >= 11 is 0. The molecule has 0 amide bonds. The summed E-state index contributed by atoms with van der Waals surface area (Å²) < 4.78 is 30.8. The van der Waals surface area contributed by atoms with E-state index in [1.54, 1.807) is 20.9 Å². The van der Waals surface area contributed by atoms with E-state index in [-0.39, 0.29) is 6.54 Å². The van der Waals surface area contributed by atoms with Gasteiger partial charge >= 0.3 is 0 Å². The Bertz CT molecular complexity index is 443. The smallest absolute Gasteiger partial charge is 0.227 e. The van der Waals surface area contributed by atoms with Crippen LogP contribution in [-0.4, -0.2) is 43.9 Å². The number of sulfonamides is 1. The molecule has 98 valence electrons. The molecule has 0 bridgehead atoms. The van der Waals surface area contributed by atoms with E-state index in [9.17, 15) is 8.42 Å². The van der Waals surface area contributed by atoms with Crippen LogP contribution in [0.5, 0.6) is 0 Å². The summed E-state index contributed by atoms with van der Waals surface area (Å²) in [6.07, 6.45) is 0.395. The number of nitrogens with one attached hydrogen (secondary N) is 2. The molecule has 0 aliphatic heterocycles. The molecule has 1 aromatic heterocycles.